The third-order valence-electron chi connectivity index (χ3n) is 5.48. The molecule has 10 nitrogen and oxygen atoms in total. The molecule has 0 fully saturated rings. The number of nitrogens with zero attached hydrogens (tertiary/aromatic N) is 4. The van der Waals surface area contributed by atoms with Gasteiger partial charge in [0.2, 0.25) is 11.8 Å². The Kier molecular flexibility index (Phi) is 7.33. The van der Waals surface area contributed by atoms with Gasteiger partial charge in [-0.25, -0.2) is 19.9 Å². The zero-order chi connectivity index (χ0) is 25.8. The molecule has 0 aliphatic rings. The number of anilines is 2. The van der Waals surface area contributed by atoms with Crippen molar-refractivity contribution in [3.63, 3.8) is 0 Å². The van der Waals surface area contributed by atoms with E-state index >= 15 is 0 Å². The smallest absolute Gasteiger partial charge is 0.229 e. The molecule has 0 saturated carbocycles. The minimum absolute atomic E-state index is 0.175. The van der Waals surface area contributed by atoms with Crippen LogP contribution in [0.1, 0.15) is 6.92 Å². The molecule has 11 heteroatoms. The van der Waals surface area contributed by atoms with Crippen LogP contribution in [0.2, 0.25) is 0 Å². The third-order valence-corrected chi connectivity index (χ3v) is 5.92. The molecule has 0 bridgehead atoms. The molecule has 5 aromatic rings. The molecular formula is C26H25BrN6O4. The highest BCUT2D eigenvalue weighted by atomic mass is 79.9. The fraction of sp³-hybridized carbons (Fsp3) is 0.231. The zero-order valence-corrected chi connectivity index (χ0v) is 21.9. The number of fused-ring (bicyclic) bond motifs is 2. The maximum atomic E-state index is 6.04. The highest BCUT2D eigenvalue weighted by Gasteiger charge is 2.16. The van der Waals surface area contributed by atoms with Crippen molar-refractivity contribution in [1.29, 1.82) is 0 Å². The molecule has 5 rings (SSSR count). The molecule has 0 aliphatic carbocycles. The minimum atomic E-state index is -0.175. The number of hydrogen-bond acceptors (Lipinski definition) is 10. The highest BCUT2D eigenvalue weighted by Crippen LogP contribution is 2.34. The SMILES string of the molecule is CNc1ncc(-c2nc3cc(OC(C)COCCOc4cccc(Br)n4)ccc3o2)c2cc(N)ncc12. The maximum absolute atomic E-state index is 6.04. The molecule has 0 radical (unpaired) electrons. The Morgan fingerprint density at radius 3 is 2.78 bits per heavy atom. The van der Waals surface area contributed by atoms with E-state index in [4.69, 9.17) is 24.4 Å². The molecule has 4 heterocycles. The Bertz CT molecular complexity index is 1540. The molecule has 1 atom stereocenters. The summed E-state index contributed by atoms with van der Waals surface area (Å²) in [5, 5.41) is 4.74. The minimum Gasteiger partial charge on any atom is -0.488 e. The quantitative estimate of drug-likeness (QED) is 0.175. The number of nitrogens with one attached hydrogen (secondary N) is 1. The van der Waals surface area contributed by atoms with Gasteiger partial charge in [-0.3, -0.25) is 0 Å². The van der Waals surface area contributed by atoms with Crippen molar-refractivity contribution in [2.45, 2.75) is 13.0 Å². The van der Waals surface area contributed by atoms with Crippen LogP contribution in [0.5, 0.6) is 11.6 Å². The number of aromatic nitrogens is 4. The monoisotopic (exact) mass is 564 g/mol. The number of nitrogens with two attached hydrogens (primary N) is 1. The molecule has 190 valence electrons. The molecule has 37 heavy (non-hydrogen) atoms. The van der Waals surface area contributed by atoms with Gasteiger partial charge in [-0.2, -0.15) is 0 Å². The summed E-state index contributed by atoms with van der Waals surface area (Å²) < 4.78 is 24.0. The Morgan fingerprint density at radius 2 is 1.95 bits per heavy atom. The van der Waals surface area contributed by atoms with Crippen molar-refractivity contribution in [2.75, 3.05) is 37.9 Å². The van der Waals surface area contributed by atoms with Crippen LogP contribution in [0.3, 0.4) is 0 Å². The van der Waals surface area contributed by atoms with Gasteiger partial charge in [0.15, 0.2) is 5.58 Å². The summed E-state index contributed by atoms with van der Waals surface area (Å²) in [6.45, 7) is 3.16. The summed E-state index contributed by atoms with van der Waals surface area (Å²) in [6.07, 6.45) is 3.23. The van der Waals surface area contributed by atoms with Crippen LogP contribution >= 0.6 is 15.9 Å². The van der Waals surface area contributed by atoms with Gasteiger partial charge in [0.1, 0.15) is 40.2 Å². The van der Waals surface area contributed by atoms with Gasteiger partial charge in [0, 0.05) is 42.3 Å². The van der Waals surface area contributed by atoms with Crippen molar-refractivity contribution < 1.29 is 18.6 Å². The Hall–Kier alpha value is -3.96. The number of benzene rings is 1. The molecule has 1 unspecified atom stereocenters. The Labute approximate surface area is 221 Å². The van der Waals surface area contributed by atoms with E-state index in [0.29, 0.717) is 60.1 Å². The lowest BCUT2D eigenvalue weighted by atomic mass is 10.1. The van der Waals surface area contributed by atoms with E-state index < -0.39 is 0 Å². The van der Waals surface area contributed by atoms with Crippen LogP contribution in [-0.4, -0.2) is 52.9 Å². The first-order valence-corrected chi connectivity index (χ1v) is 12.4. The van der Waals surface area contributed by atoms with E-state index in [1.165, 1.54) is 0 Å². The molecule has 0 spiro atoms. The number of hydrogen-bond donors (Lipinski definition) is 2. The molecule has 0 amide bonds. The van der Waals surface area contributed by atoms with Gasteiger partial charge in [-0.1, -0.05) is 6.07 Å². The lowest BCUT2D eigenvalue weighted by molar-refractivity contribution is 0.0425. The summed E-state index contributed by atoms with van der Waals surface area (Å²) in [5.41, 5.74) is 7.98. The number of ether oxygens (including phenoxy) is 3. The van der Waals surface area contributed by atoms with E-state index in [0.717, 1.165) is 20.9 Å². The summed E-state index contributed by atoms with van der Waals surface area (Å²) in [6, 6.07) is 12.8. The Balaban J connectivity index is 1.23. The topological polar surface area (TPSA) is 130 Å². The standard InChI is InChI=1S/C26H25BrN6O4/c1-15(14-34-8-9-35-24-5-3-4-22(27)33-24)36-16-6-7-21-20(10-16)32-26(37-21)19-13-31-25(29-2)18-12-30-23(28)11-17(18)19/h3-7,10-13,15H,8-9,14H2,1-2H3,(H2,28,30)(H,29,31). The van der Waals surface area contributed by atoms with Crippen LogP contribution < -0.4 is 20.5 Å². The van der Waals surface area contributed by atoms with Gasteiger partial charge < -0.3 is 29.7 Å². The second-order valence-electron chi connectivity index (χ2n) is 8.22. The number of pyridine rings is 3. The highest BCUT2D eigenvalue weighted by molar-refractivity contribution is 9.10. The molecule has 3 N–H and O–H groups in total. The van der Waals surface area contributed by atoms with Crippen molar-refractivity contribution in [3.8, 4) is 23.1 Å². The second-order valence-corrected chi connectivity index (χ2v) is 9.04. The molecule has 4 aromatic heterocycles. The van der Waals surface area contributed by atoms with Crippen molar-refractivity contribution >= 4 is 49.4 Å². The van der Waals surface area contributed by atoms with Crippen LogP contribution in [0.15, 0.2) is 63.9 Å². The zero-order valence-electron chi connectivity index (χ0n) is 20.3. The van der Waals surface area contributed by atoms with Crippen LogP contribution in [0.4, 0.5) is 11.6 Å². The summed E-state index contributed by atoms with van der Waals surface area (Å²) in [4.78, 5) is 17.6. The predicted octanol–water partition coefficient (Wildman–Crippen LogP) is 5.08. The lowest BCUT2D eigenvalue weighted by Gasteiger charge is -2.15. The summed E-state index contributed by atoms with van der Waals surface area (Å²) >= 11 is 3.32. The van der Waals surface area contributed by atoms with Gasteiger partial charge >= 0.3 is 0 Å². The predicted molar refractivity (Wildman–Crippen MR) is 145 cm³/mol. The molecule has 0 saturated heterocycles. The molecule has 0 aliphatic heterocycles. The van der Waals surface area contributed by atoms with Crippen molar-refractivity contribution in [1.82, 2.24) is 19.9 Å². The van der Waals surface area contributed by atoms with E-state index in [-0.39, 0.29) is 6.10 Å². The first-order chi connectivity index (χ1) is 18.0. The maximum Gasteiger partial charge on any atom is 0.229 e. The van der Waals surface area contributed by atoms with Crippen LogP contribution in [-0.2, 0) is 4.74 Å². The van der Waals surface area contributed by atoms with E-state index in [1.807, 2.05) is 37.3 Å². The summed E-state index contributed by atoms with van der Waals surface area (Å²) in [7, 11) is 1.81. The largest absolute Gasteiger partial charge is 0.488 e. The number of nitrogen functional groups attached to an aromatic ring is 1. The van der Waals surface area contributed by atoms with Gasteiger partial charge in [-0.05, 0) is 47.1 Å². The van der Waals surface area contributed by atoms with Gasteiger partial charge in [0.25, 0.3) is 0 Å². The summed E-state index contributed by atoms with van der Waals surface area (Å²) in [5.74, 6) is 2.76. The van der Waals surface area contributed by atoms with Crippen LogP contribution in [0, 0.1) is 0 Å². The van der Waals surface area contributed by atoms with Crippen molar-refractivity contribution in [3.05, 3.63) is 59.5 Å². The second kappa shape index (κ2) is 11.0. The van der Waals surface area contributed by atoms with Gasteiger partial charge in [-0.15, -0.1) is 0 Å². The first-order valence-electron chi connectivity index (χ1n) is 11.6. The average Bonchev–Trinajstić information content (AvgIpc) is 3.31. The van der Waals surface area contributed by atoms with Crippen molar-refractivity contribution in [2.24, 2.45) is 0 Å². The normalized spacial score (nSPS) is 12.1. The molecule has 1 aromatic carbocycles. The van der Waals surface area contributed by atoms with Crippen LogP contribution in [0.25, 0.3) is 33.3 Å². The first kappa shape index (κ1) is 24.7. The molecular weight excluding hydrogens is 540 g/mol. The number of rotatable bonds is 10. The third kappa shape index (κ3) is 5.73. The average molecular weight is 565 g/mol. The van der Waals surface area contributed by atoms with E-state index in [2.05, 4.69) is 41.2 Å². The van der Waals surface area contributed by atoms with E-state index in [1.54, 1.807) is 31.6 Å². The van der Waals surface area contributed by atoms with Gasteiger partial charge in [0.05, 0.1) is 18.8 Å². The van der Waals surface area contributed by atoms with E-state index in [9.17, 15) is 0 Å². The number of oxazole rings is 1. The Morgan fingerprint density at radius 1 is 1.05 bits per heavy atom. The fourth-order valence-corrected chi connectivity index (χ4v) is 4.13. The fourth-order valence-electron chi connectivity index (χ4n) is 3.81. The number of halogens is 1. The lowest BCUT2D eigenvalue weighted by Crippen LogP contribution is -2.21.